The number of nitrogens with one attached hydrogen (secondary N) is 1. The molecule has 45 heavy (non-hydrogen) atoms. The second-order valence-corrected chi connectivity index (χ2v) is 13.0. The van der Waals surface area contributed by atoms with Crippen molar-refractivity contribution in [3.8, 4) is 0 Å². The first-order chi connectivity index (χ1) is 21.1. The van der Waals surface area contributed by atoms with Gasteiger partial charge in [0.2, 0.25) is 11.7 Å². The predicted octanol–water partition coefficient (Wildman–Crippen LogP) is 2.51. The topological polar surface area (TPSA) is 188 Å². The van der Waals surface area contributed by atoms with Gasteiger partial charge >= 0.3 is 11.9 Å². The number of alkyl halides is 1. The molecule has 0 radical (unpaired) electrons. The van der Waals surface area contributed by atoms with E-state index in [0.717, 1.165) is 0 Å². The molecule has 8 atom stereocenters. The Hall–Kier alpha value is -3.68. The second kappa shape index (κ2) is 12.6. The lowest BCUT2D eigenvalue weighted by atomic mass is 9.44. The molecule has 13 nitrogen and oxygen atoms in total. The number of aliphatic hydroxyl groups is 1. The number of carbonyl (C=O) groups is 5. The number of rotatable bonds is 12. The minimum absolute atomic E-state index is 0.0431. The van der Waals surface area contributed by atoms with E-state index in [1.165, 1.54) is 18.2 Å². The van der Waals surface area contributed by atoms with Gasteiger partial charge in [0.25, 0.3) is 5.09 Å². The van der Waals surface area contributed by atoms with E-state index in [4.69, 9.17) is 9.47 Å². The van der Waals surface area contributed by atoms with Crippen LogP contribution in [0, 0.1) is 38.7 Å². The summed E-state index contributed by atoms with van der Waals surface area (Å²) in [4.78, 5) is 77.7. The molecule has 0 spiro atoms. The van der Waals surface area contributed by atoms with Crippen LogP contribution < -0.4 is 5.32 Å². The number of amides is 1. The van der Waals surface area contributed by atoms with Crippen LogP contribution >= 0.6 is 0 Å². The first-order valence-corrected chi connectivity index (χ1v) is 15.3. The monoisotopic (exact) mass is 636 g/mol. The number of esters is 2. The number of carbonyl (C=O) groups excluding carboxylic acids is 5. The molecule has 0 unspecified atom stereocenters. The van der Waals surface area contributed by atoms with Crippen molar-refractivity contribution in [2.45, 2.75) is 90.0 Å². The Labute approximate surface area is 260 Å². The fourth-order valence-corrected chi connectivity index (χ4v) is 8.59. The zero-order valence-corrected chi connectivity index (χ0v) is 26.0. The maximum absolute atomic E-state index is 17.5. The van der Waals surface area contributed by atoms with Crippen molar-refractivity contribution in [1.29, 1.82) is 0 Å². The third-order valence-electron chi connectivity index (χ3n) is 10.7. The van der Waals surface area contributed by atoms with Crippen molar-refractivity contribution in [1.82, 2.24) is 5.32 Å². The van der Waals surface area contributed by atoms with Gasteiger partial charge in [-0.3, -0.25) is 24.0 Å². The molecule has 3 fully saturated rings. The normalized spacial score (nSPS) is 36.5. The predicted molar refractivity (Wildman–Crippen MR) is 153 cm³/mol. The molecule has 0 saturated heterocycles. The van der Waals surface area contributed by atoms with Gasteiger partial charge in [-0.25, -0.2) is 4.39 Å². The van der Waals surface area contributed by atoms with E-state index in [1.54, 1.807) is 27.7 Å². The van der Waals surface area contributed by atoms with Crippen LogP contribution in [0.25, 0.3) is 0 Å². The summed E-state index contributed by atoms with van der Waals surface area (Å²) in [6.45, 7) is 5.07. The van der Waals surface area contributed by atoms with Crippen molar-refractivity contribution in [3.63, 3.8) is 0 Å². The Bertz CT molecular complexity index is 1330. The molecular formula is C31H41FN2O11. The van der Waals surface area contributed by atoms with E-state index in [2.05, 4.69) is 10.2 Å². The first kappa shape index (κ1) is 34.2. The number of hydrogen-bond acceptors (Lipinski definition) is 11. The lowest BCUT2D eigenvalue weighted by Crippen LogP contribution is -2.70. The van der Waals surface area contributed by atoms with Gasteiger partial charge in [0, 0.05) is 35.5 Å². The molecule has 0 bridgehead atoms. The number of nitrogens with zero attached hydrogens (tertiary/aromatic N) is 1. The number of Topliss-reactive ketones (excluding diaryl/α,β-unsaturated/α-hetero) is 1. The molecule has 4 rings (SSSR count). The minimum atomic E-state index is -2.15. The Morgan fingerprint density at radius 2 is 1.91 bits per heavy atom. The summed E-state index contributed by atoms with van der Waals surface area (Å²) in [5.41, 5.74) is -5.81. The first-order valence-electron chi connectivity index (χ1n) is 15.3. The van der Waals surface area contributed by atoms with Gasteiger partial charge in [0.1, 0.15) is 6.54 Å². The Kier molecular flexibility index (Phi) is 9.58. The van der Waals surface area contributed by atoms with Crippen molar-refractivity contribution < 1.29 is 52.9 Å². The summed E-state index contributed by atoms with van der Waals surface area (Å²) in [5, 5.41) is 23.2. The smallest absolute Gasteiger partial charge is 0.325 e. The quantitative estimate of drug-likeness (QED) is 0.139. The average Bonchev–Trinajstić information content (AvgIpc) is 3.20. The molecule has 4 aliphatic carbocycles. The minimum Gasteiger partial charge on any atom is -0.456 e. The lowest BCUT2D eigenvalue weighted by molar-refractivity contribution is -0.757. The summed E-state index contributed by atoms with van der Waals surface area (Å²) < 4.78 is 28.7. The molecule has 0 aromatic rings. The molecule has 14 heteroatoms. The van der Waals surface area contributed by atoms with E-state index in [9.17, 15) is 39.2 Å². The highest BCUT2D eigenvalue weighted by Crippen LogP contribution is 2.71. The van der Waals surface area contributed by atoms with Gasteiger partial charge in [-0.1, -0.05) is 32.4 Å². The highest BCUT2D eigenvalue weighted by atomic mass is 19.1. The summed E-state index contributed by atoms with van der Waals surface area (Å²) >= 11 is 0. The number of ether oxygens (including phenoxy) is 2. The van der Waals surface area contributed by atoms with E-state index in [0.29, 0.717) is 24.8 Å². The van der Waals surface area contributed by atoms with Crippen molar-refractivity contribution in [2.75, 3.05) is 19.8 Å². The SMILES string of the molecule is CCC(=O)O[C@@]1(C(=O)COC(=O)CNC(=O)CCCO[N+](=O)[O-])[C@@H](C)C[C@H]2[C@@H]3CCC4=CC(=O)C=C[C@]4(C)[C@@]3(F)[C@@H](O)C[C@@]21C. The van der Waals surface area contributed by atoms with Gasteiger partial charge < -0.3 is 24.7 Å². The van der Waals surface area contributed by atoms with Crippen LogP contribution in [0.1, 0.15) is 72.6 Å². The highest BCUT2D eigenvalue weighted by molar-refractivity contribution is 6.01. The Morgan fingerprint density at radius 3 is 2.58 bits per heavy atom. The van der Waals surface area contributed by atoms with Crippen LogP contribution in [-0.4, -0.2) is 76.7 Å². The van der Waals surface area contributed by atoms with Crippen LogP contribution in [0.4, 0.5) is 4.39 Å². The van der Waals surface area contributed by atoms with Crippen LogP contribution in [0.3, 0.4) is 0 Å². The van der Waals surface area contributed by atoms with Crippen LogP contribution in [0.2, 0.25) is 0 Å². The zero-order valence-electron chi connectivity index (χ0n) is 26.0. The number of aliphatic hydroxyl groups excluding tert-OH is 1. The van der Waals surface area contributed by atoms with Gasteiger partial charge in [-0.2, -0.15) is 0 Å². The van der Waals surface area contributed by atoms with E-state index >= 15 is 4.39 Å². The Balaban J connectivity index is 1.54. The van der Waals surface area contributed by atoms with Gasteiger partial charge in [-0.15, -0.1) is 10.1 Å². The van der Waals surface area contributed by atoms with E-state index in [-0.39, 0.29) is 38.1 Å². The van der Waals surface area contributed by atoms with Crippen molar-refractivity contribution >= 4 is 29.4 Å². The molecule has 248 valence electrons. The third-order valence-corrected chi connectivity index (χ3v) is 10.7. The maximum Gasteiger partial charge on any atom is 0.325 e. The van der Waals surface area contributed by atoms with E-state index in [1.807, 2.05) is 0 Å². The summed E-state index contributed by atoms with van der Waals surface area (Å²) in [7, 11) is 0. The van der Waals surface area contributed by atoms with Crippen LogP contribution in [-0.2, 0) is 38.3 Å². The number of hydrogen-bond donors (Lipinski definition) is 2. The second-order valence-electron chi connectivity index (χ2n) is 13.0. The number of ketones is 2. The molecule has 3 saturated carbocycles. The van der Waals surface area contributed by atoms with Crippen molar-refractivity contribution in [3.05, 3.63) is 33.9 Å². The molecular weight excluding hydrogens is 595 g/mol. The highest BCUT2D eigenvalue weighted by Gasteiger charge is 2.77. The van der Waals surface area contributed by atoms with Gasteiger partial charge in [-0.05, 0) is 57.1 Å². The molecule has 0 aromatic carbocycles. The molecule has 0 aliphatic heterocycles. The Morgan fingerprint density at radius 1 is 1.20 bits per heavy atom. The molecule has 0 heterocycles. The van der Waals surface area contributed by atoms with Crippen molar-refractivity contribution in [2.24, 2.45) is 28.6 Å². The molecule has 2 N–H and O–H groups in total. The summed E-state index contributed by atoms with van der Waals surface area (Å²) in [5.74, 6) is -4.96. The van der Waals surface area contributed by atoms with Crippen LogP contribution in [0.5, 0.6) is 0 Å². The average molecular weight is 637 g/mol. The number of allylic oxidation sites excluding steroid dienone is 4. The molecule has 1 amide bonds. The fourth-order valence-electron chi connectivity index (χ4n) is 8.59. The number of halogens is 1. The zero-order chi connectivity index (χ0) is 33.4. The molecule has 4 aliphatic rings. The standard InChI is InChI=1S/C31H41FN2O11/c1-5-26(39)45-31(24(37)17-43-27(40)16-33-25(38)7-6-12-44-34(41)42)18(2)13-22-21-9-8-19-14-20(35)10-11-28(19,3)30(21,32)23(36)15-29(22,31)4/h10-11,14,18,21-23,36H,5-9,12-13,15-17H2,1-4H3,(H,33,38)/t18-,21-,22-,23-,28-,29-,30-,31+/m0/s1. The maximum atomic E-state index is 17.5. The largest absolute Gasteiger partial charge is 0.456 e. The molecule has 0 aromatic heterocycles. The fraction of sp³-hybridized carbons (Fsp3) is 0.710. The summed E-state index contributed by atoms with van der Waals surface area (Å²) in [6, 6.07) is 0. The number of fused-ring (bicyclic) bond motifs is 5. The summed E-state index contributed by atoms with van der Waals surface area (Å²) in [6.07, 6.45) is 3.42. The van der Waals surface area contributed by atoms with Gasteiger partial charge in [0.05, 0.1) is 12.7 Å². The van der Waals surface area contributed by atoms with E-state index < -0.39 is 87.8 Å². The third kappa shape index (κ3) is 5.66. The lowest BCUT2D eigenvalue weighted by Gasteiger charge is -2.62. The van der Waals surface area contributed by atoms with Gasteiger partial charge in [0.15, 0.2) is 23.7 Å². The van der Waals surface area contributed by atoms with Crippen LogP contribution in [0.15, 0.2) is 23.8 Å².